The molecule has 3 nitrogen and oxygen atoms in total. The topological polar surface area (TPSA) is 39.1 Å². The number of hydrogen-bond acceptors (Lipinski definition) is 3. The van der Waals surface area contributed by atoms with Crippen molar-refractivity contribution in [3.63, 3.8) is 0 Å². The Hall–Kier alpha value is -2.31. The third kappa shape index (κ3) is 2.93. The Bertz CT molecular complexity index is 585. The van der Waals surface area contributed by atoms with E-state index in [1.54, 1.807) is 0 Å². The molecular formula is C16H17N3. The molecule has 96 valence electrons. The molecule has 0 aromatic heterocycles. The van der Waals surface area contributed by atoms with Gasteiger partial charge in [0.05, 0.1) is 11.3 Å². The lowest BCUT2D eigenvalue weighted by Crippen LogP contribution is -2.12. The first-order chi connectivity index (χ1) is 9.26. The Morgan fingerprint density at radius 3 is 2.53 bits per heavy atom. The Morgan fingerprint density at radius 2 is 1.89 bits per heavy atom. The lowest BCUT2D eigenvalue weighted by atomic mass is 10.1. The van der Waals surface area contributed by atoms with E-state index in [2.05, 4.69) is 11.4 Å². The van der Waals surface area contributed by atoms with Crippen LogP contribution in [0.1, 0.15) is 11.1 Å². The lowest BCUT2D eigenvalue weighted by molar-refractivity contribution is 0.817. The highest BCUT2D eigenvalue weighted by Gasteiger charge is 2.09. The number of anilines is 2. The van der Waals surface area contributed by atoms with Crippen molar-refractivity contribution in [3.8, 4) is 6.07 Å². The van der Waals surface area contributed by atoms with E-state index < -0.39 is 0 Å². The minimum Gasteiger partial charge on any atom is -0.344 e. The molecule has 2 aromatic carbocycles. The van der Waals surface area contributed by atoms with E-state index >= 15 is 0 Å². The molecule has 0 bridgehead atoms. The lowest BCUT2D eigenvalue weighted by Gasteiger charge is -2.21. The van der Waals surface area contributed by atoms with Crippen molar-refractivity contribution in [2.45, 2.75) is 6.54 Å². The number of rotatable bonds is 4. The van der Waals surface area contributed by atoms with Crippen LogP contribution >= 0.6 is 0 Å². The number of nitriles is 1. The van der Waals surface area contributed by atoms with Crippen LogP contribution in [0.2, 0.25) is 0 Å². The number of nitrogens with one attached hydrogen (secondary N) is 1. The minimum absolute atomic E-state index is 0.694. The number of benzene rings is 2. The van der Waals surface area contributed by atoms with Crippen LogP contribution in [0.4, 0.5) is 11.4 Å². The summed E-state index contributed by atoms with van der Waals surface area (Å²) in [4.78, 5) is 2.03. The largest absolute Gasteiger partial charge is 0.344 e. The van der Waals surface area contributed by atoms with Crippen LogP contribution < -0.4 is 10.2 Å². The Labute approximate surface area is 114 Å². The zero-order valence-corrected chi connectivity index (χ0v) is 11.2. The van der Waals surface area contributed by atoms with E-state index in [9.17, 15) is 5.26 Å². The van der Waals surface area contributed by atoms with Gasteiger partial charge in [-0.15, -0.1) is 0 Å². The SMILES string of the molecule is CNCc1ccc(N(C)c2ccccc2)c(C#N)c1. The van der Waals surface area contributed by atoms with Crippen LogP contribution in [-0.4, -0.2) is 14.1 Å². The number of para-hydroxylation sites is 1. The van der Waals surface area contributed by atoms with E-state index in [0.717, 1.165) is 23.5 Å². The van der Waals surface area contributed by atoms with Crippen LogP contribution in [-0.2, 0) is 6.54 Å². The maximum Gasteiger partial charge on any atom is 0.101 e. The first-order valence-corrected chi connectivity index (χ1v) is 6.22. The van der Waals surface area contributed by atoms with Crippen LogP contribution in [0, 0.1) is 11.3 Å². The third-order valence-electron chi connectivity index (χ3n) is 3.07. The predicted octanol–water partition coefficient (Wildman–Crippen LogP) is 3.05. The summed E-state index contributed by atoms with van der Waals surface area (Å²) in [5.74, 6) is 0. The molecule has 0 unspecified atom stereocenters. The molecular weight excluding hydrogens is 234 g/mol. The molecule has 0 radical (unpaired) electrons. The van der Waals surface area contributed by atoms with Crippen molar-refractivity contribution < 1.29 is 0 Å². The van der Waals surface area contributed by atoms with Crippen molar-refractivity contribution in [2.75, 3.05) is 19.0 Å². The molecule has 0 saturated carbocycles. The fraction of sp³-hybridized carbons (Fsp3) is 0.188. The summed E-state index contributed by atoms with van der Waals surface area (Å²) in [6.07, 6.45) is 0. The fourth-order valence-corrected chi connectivity index (χ4v) is 2.07. The highest BCUT2D eigenvalue weighted by Crippen LogP contribution is 2.27. The second-order valence-electron chi connectivity index (χ2n) is 4.39. The Morgan fingerprint density at radius 1 is 1.16 bits per heavy atom. The maximum atomic E-state index is 9.31. The van der Waals surface area contributed by atoms with E-state index in [1.165, 1.54) is 0 Å². The highest BCUT2D eigenvalue weighted by atomic mass is 15.1. The summed E-state index contributed by atoms with van der Waals surface area (Å²) >= 11 is 0. The van der Waals surface area contributed by atoms with Gasteiger partial charge in [-0.2, -0.15) is 5.26 Å². The molecule has 2 rings (SSSR count). The van der Waals surface area contributed by atoms with Crippen molar-refractivity contribution in [1.29, 1.82) is 5.26 Å². The van der Waals surface area contributed by atoms with Crippen LogP contribution in [0.3, 0.4) is 0 Å². The molecule has 0 amide bonds. The van der Waals surface area contributed by atoms with Crippen molar-refractivity contribution >= 4 is 11.4 Å². The fourth-order valence-electron chi connectivity index (χ4n) is 2.07. The number of hydrogen-bond donors (Lipinski definition) is 1. The van der Waals surface area contributed by atoms with Gasteiger partial charge in [-0.05, 0) is 36.9 Å². The molecule has 0 heterocycles. The van der Waals surface area contributed by atoms with Gasteiger partial charge in [0.25, 0.3) is 0 Å². The Kier molecular flexibility index (Phi) is 4.17. The molecule has 0 aliphatic rings. The summed E-state index contributed by atoms with van der Waals surface area (Å²) in [6, 6.07) is 18.3. The smallest absolute Gasteiger partial charge is 0.101 e. The van der Waals surface area contributed by atoms with Gasteiger partial charge in [0.2, 0.25) is 0 Å². The molecule has 0 aliphatic heterocycles. The second kappa shape index (κ2) is 6.03. The monoisotopic (exact) mass is 251 g/mol. The van der Waals surface area contributed by atoms with Gasteiger partial charge in [0.1, 0.15) is 6.07 Å². The molecule has 1 N–H and O–H groups in total. The molecule has 2 aromatic rings. The first-order valence-electron chi connectivity index (χ1n) is 6.22. The first kappa shape index (κ1) is 13.1. The molecule has 3 heteroatoms. The van der Waals surface area contributed by atoms with E-state index in [-0.39, 0.29) is 0 Å². The summed E-state index contributed by atoms with van der Waals surface area (Å²) < 4.78 is 0. The summed E-state index contributed by atoms with van der Waals surface area (Å²) in [5, 5.41) is 12.4. The molecule has 0 spiro atoms. The zero-order valence-electron chi connectivity index (χ0n) is 11.2. The molecule has 0 saturated heterocycles. The summed E-state index contributed by atoms with van der Waals surface area (Å²) in [6.45, 7) is 0.768. The molecule has 0 atom stereocenters. The summed E-state index contributed by atoms with van der Waals surface area (Å²) in [7, 11) is 3.87. The third-order valence-corrected chi connectivity index (χ3v) is 3.07. The molecule has 19 heavy (non-hydrogen) atoms. The van der Waals surface area contributed by atoms with E-state index in [0.29, 0.717) is 5.56 Å². The normalized spacial score (nSPS) is 9.95. The zero-order chi connectivity index (χ0) is 13.7. The van der Waals surface area contributed by atoms with E-state index in [1.807, 2.05) is 67.5 Å². The predicted molar refractivity (Wildman–Crippen MR) is 78.4 cm³/mol. The highest BCUT2D eigenvalue weighted by molar-refractivity contribution is 5.69. The van der Waals surface area contributed by atoms with Gasteiger partial charge in [-0.1, -0.05) is 24.3 Å². The van der Waals surface area contributed by atoms with Crippen molar-refractivity contribution in [2.24, 2.45) is 0 Å². The second-order valence-corrected chi connectivity index (χ2v) is 4.39. The maximum absolute atomic E-state index is 9.31. The van der Waals surface area contributed by atoms with Gasteiger partial charge in [-0.3, -0.25) is 0 Å². The van der Waals surface area contributed by atoms with Crippen LogP contribution in [0.5, 0.6) is 0 Å². The summed E-state index contributed by atoms with van der Waals surface area (Å²) in [5.41, 5.74) is 3.80. The average molecular weight is 251 g/mol. The standard InChI is InChI=1S/C16H17N3/c1-18-12-13-8-9-16(14(10-13)11-17)19(2)15-6-4-3-5-7-15/h3-10,18H,12H2,1-2H3. The Balaban J connectivity index is 2.37. The van der Waals surface area contributed by atoms with Gasteiger partial charge in [-0.25, -0.2) is 0 Å². The van der Waals surface area contributed by atoms with E-state index in [4.69, 9.17) is 0 Å². The number of nitrogens with zero attached hydrogens (tertiary/aromatic N) is 2. The average Bonchev–Trinajstić information content (AvgIpc) is 2.47. The van der Waals surface area contributed by atoms with Gasteiger partial charge in [0, 0.05) is 19.3 Å². The van der Waals surface area contributed by atoms with Gasteiger partial charge in [0.15, 0.2) is 0 Å². The van der Waals surface area contributed by atoms with Crippen molar-refractivity contribution in [1.82, 2.24) is 5.32 Å². The molecule has 0 aliphatic carbocycles. The van der Waals surface area contributed by atoms with Gasteiger partial charge < -0.3 is 10.2 Å². The quantitative estimate of drug-likeness (QED) is 0.907. The van der Waals surface area contributed by atoms with Crippen LogP contribution in [0.15, 0.2) is 48.5 Å². The van der Waals surface area contributed by atoms with Gasteiger partial charge >= 0.3 is 0 Å². The molecule has 0 fully saturated rings. The minimum atomic E-state index is 0.694. The van der Waals surface area contributed by atoms with Crippen LogP contribution in [0.25, 0.3) is 0 Å². The van der Waals surface area contributed by atoms with Crippen molar-refractivity contribution in [3.05, 3.63) is 59.7 Å².